The van der Waals surface area contributed by atoms with E-state index in [1.807, 2.05) is 0 Å². The molecule has 0 saturated carbocycles. The first-order chi connectivity index (χ1) is 7.85. The van der Waals surface area contributed by atoms with Crippen LogP contribution in [-0.2, 0) is 11.2 Å². The summed E-state index contributed by atoms with van der Waals surface area (Å²) in [5, 5.41) is 2.84. The molecule has 0 heterocycles. The first-order valence-corrected chi connectivity index (χ1v) is 5.45. The molecule has 0 aromatic heterocycles. The highest BCUT2D eigenvalue weighted by atomic mass is 35.5. The van der Waals surface area contributed by atoms with E-state index < -0.39 is 11.4 Å². The van der Waals surface area contributed by atoms with Gasteiger partial charge >= 0.3 is 0 Å². The van der Waals surface area contributed by atoms with Gasteiger partial charge in [0, 0.05) is 10.6 Å². The Bertz CT molecular complexity index is 457. The van der Waals surface area contributed by atoms with E-state index in [9.17, 15) is 9.18 Å². The molecule has 0 fully saturated rings. The second-order valence-corrected chi connectivity index (χ2v) is 4.60. The fraction of sp³-hybridized carbons (Fsp3) is 0.308. The summed E-state index contributed by atoms with van der Waals surface area (Å²) >= 11 is 5.82. The molecule has 17 heavy (non-hydrogen) atoms. The lowest BCUT2D eigenvalue weighted by Gasteiger charge is -2.19. The predicted octanol–water partition coefficient (Wildman–Crippen LogP) is 2.55. The standard InChI is InChI=1S/C13H13ClFNO/c1-4-13(2,3)16-12(17)8-9-10(14)6-5-7-11(9)15/h1,5-7H,8H2,2-3H3,(H,16,17). The average Bonchev–Trinajstić information content (AvgIpc) is 2.23. The van der Waals surface area contributed by atoms with Crippen LogP contribution >= 0.6 is 11.6 Å². The number of amides is 1. The molecule has 0 atom stereocenters. The number of hydrogen-bond acceptors (Lipinski definition) is 1. The summed E-state index contributed by atoms with van der Waals surface area (Å²) in [5.41, 5.74) is -0.575. The van der Waals surface area contributed by atoms with Crippen LogP contribution in [0.15, 0.2) is 18.2 Å². The van der Waals surface area contributed by atoms with Crippen LogP contribution in [0.5, 0.6) is 0 Å². The predicted molar refractivity (Wildman–Crippen MR) is 66.2 cm³/mol. The van der Waals surface area contributed by atoms with E-state index in [1.165, 1.54) is 12.1 Å². The van der Waals surface area contributed by atoms with Crippen LogP contribution in [0.25, 0.3) is 0 Å². The Hall–Kier alpha value is -1.53. The Morgan fingerprint density at radius 1 is 1.59 bits per heavy atom. The van der Waals surface area contributed by atoms with Crippen molar-refractivity contribution in [3.63, 3.8) is 0 Å². The topological polar surface area (TPSA) is 29.1 Å². The van der Waals surface area contributed by atoms with Gasteiger partial charge in [-0.15, -0.1) is 6.42 Å². The lowest BCUT2D eigenvalue weighted by molar-refractivity contribution is -0.121. The van der Waals surface area contributed by atoms with Crippen LogP contribution in [0.2, 0.25) is 5.02 Å². The molecule has 1 amide bonds. The van der Waals surface area contributed by atoms with Crippen molar-refractivity contribution in [3.8, 4) is 12.3 Å². The molecule has 1 aromatic rings. The zero-order valence-corrected chi connectivity index (χ0v) is 10.4. The largest absolute Gasteiger partial charge is 0.340 e. The smallest absolute Gasteiger partial charge is 0.225 e. The molecular weight excluding hydrogens is 241 g/mol. The van der Waals surface area contributed by atoms with E-state index in [0.717, 1.165) is 0 Å². The molecule has 1 aromatic carbocycles. The van der Waals surface area contributed by atoms with E-state index >= 15 is 0 Å². The quantitative estimate of drug-likeness (QED) is 0.825. The highest BCUT2D eigenvalue weighted by Gasteiger charge is 2.19. The van der Waals surface area contributed by atoms with Crippen molar-refractivity contribution in [1.82, 2.24) is 5.32 Å². The average molecular weight is 254 g/mol. The second-order valence-electron chi connectivity index (χ2n) is 4.19. The fourth-order valence-corrected chi connectivity index (χ4v) is 1.52. The lowest BCUT2D eigenvalue weighted by atomic mass is 10.1. The van der Waals surface area contributed by atoms with E-state index in [2.05, 4.69) is 11.2 Å². The zero-order chi connectivity index (χ0) is 13.1. The van der Waals surface area contributed by atoms with E-state index in [4.69, 9.17) is 18.0 Å². The third-order valence-corrected chi connectivity index (χ3v) is 2.57. The SMILES string of the molecule is C#CC(C)(C)NC(=O)Cc1c(F)cccc1Cl. The maximum Gasteiger partial charge on any atom is 0.225 e. The molecular formula is C13H13ClFNO. The third-order valence-electron chi connectivity index (χ3n) is 2.21. The molecule has 0 saturated heterocycles. The molecule has 0 unspecified atom stereocenters. The van der Waals surface area contributed by atoms with Gasteiger partial charge in [0.25, 0.3) is 0 Å². The minimum Gasteiger partial charge on any atom is -0.340 e. The Morgan fingerprint density at radius 2 is 2.24 bits per heavy atom. The summed E-state index contributed by atoms with van der Waals surface area (Å²) in [5.74, 6) is 1.57. The number of carbonyl (C=O) groups excluding carboxylic acids is 1. The van der Waals surface area contributed by atoms with Crippen molar-refractivity contribution in [2.24, 2.45) is 0 Å². The van der Waals surface area contributed by atoms with Crippen LogP contribution in [-0.4, -0.2) is 11.4 Å². The summed E-state index contributed by atoms with van der Waals surface area (Å²) in [6.07, 6.45) is 5.11. The number of rotatable bonds is 3. The molecule has 0 spiro atoms. The van der Waals surface area contributed by atoms with Gasteiger partial charge in [0.05, 0.1) is 12.0 Å². The van der Waals surface area contributed by atoms with Crippen molar-refractivity contribution in [3.05, 3.63) is 34.6 Å². The van der Waals surface area contributed by atoms with Gasteiger partial charge in [-0.3, -0.25) is 4.79 Å². The van der Waals surface area contributed by atoms with Crippen LogP contribution < -0.4 is 5.32 Å². The molecule has 90 valence electrons. The van der Waals surface area contributed by atoms with Crippen molar-refractivity contribution < 1.29 is 9.18 Å². The molecule has 0 bridgehead atoms. The maximum absolute atomic E-state index is 13.4. The number of nitrogens with one attached hydrogen (secondary N) is 1. The fourth-order valence-electron chi connectivity index (χ4n) is 1.29. The van der Waals surface area contributed by atoms with Crippen LogP contribution in [0.4, 0.5) is 4.39 Å². The van der Waals surface area contributed by atoms with Crippen LogP contribution in [0.3, 0.4) is 0 Å². The highest BCUT2D eigenvalue weighted by Crippen LogP contribution is 2.19. The van der Waals surface area contributed by atoms with Gasteiger partial charge in [-0.05, 0) is 26.0 Å². The van der Waals surface area contributed by atoms with Crippen molar-refractivity contribution in [1.29, 1.82) is 0 Å². The van der Waals surface area contributed by atoms with Gasteiger partial charge in [-0.2, -0.15) is 0 Å². The van der Waals surface area contributed by atoms with E-state index in [0.29, 0.717) is 0 Å². The monoisotopic (exact) mass is 253 g/mol. The van der Waals surface area contributed by atoms with Crippen molar-refractivity contribution in [2.75, 3.05) is 0 Å². The highest BCUT2D eigenvalue weighted by molar-refractivity contribution is 6.31. The van der Waals surface area contributed by atoms with Gasteiger partial charge in [-0.1, -0.05) is 23.6 Å². The first kappa shape index (κ1) is 13.5. The molecule has 4 heteroatoms. The number of terminal acetylenes is 1. The summed E-state index contributed by atoms with van der Waals surface area (Å²) in [4.78, 5) is 11.7. The van der Waals surface area contributed by atoms with Gasteiger partial charge in [0.15, 0.2) is 0 Å². The normalized spacial score (nSPS) is 10.8. The molecule has 1 rings (SSSR count). The van der Waals surface area contributed by atoms with Gasteiger partial charge in [0.1, 0.15) is 5.82 Å². The van der Waals surface area contributed by atoms with E-state index in [1.54, 1.807) is 19.9 Å². The number of benzene rings is 1. The lowest BCUT2D eigenvalue weighted by Crippen LogP contribution is -2.42. The Morgan fingerprint density at radius 3 is 2.76 bits per heavy atom. The van der Waals surface area contributed by atoms with Crippen molar-refractivity contribution >= 4 is 17.5 Å². The van der Waals surface area contributed by atoms with Gasteiger partial charge in [0.2, 0.25) is 5.91 Å². The third kappa shape index (κ3) is 3.76. The van der Waals surface area contributed by atoms with E-state index in [-0.39, 0.29) is 22.9 Å². The van der Waals surface area contributed by atoms with Crippen molar-refractivity contribution in [2.45, 2.75) is 25.8 Å². The Labute approximate surface area is 105 Å². The maximum atomic E-state index is 13.4. The Kier molecular flexibility index (Phi) is 4.14. The number of carbonyl (C=O) groups is 1. The summed E-state index contributed by atoms with van der Waals surface area (Å²) < 4.78 is 13.4. The number of halogens is 2. The zero-order valence-electron chi connectivity index (χ0n) is 9.68. The summed E-state index contributed by atoms with van der Waals surface area (Å²) in [6, 6.07) is 4.30. The molecule has 0 radical (unpaired) electrons. The second kappa shape index (κ2) is 5.20. The summed E-state index contributed by atoms with van der Waals surface area (Å²) in [7, 11) is 0. The minimum atomic E-state index is -0.755. The minimum absolute atomic E-state index is 0.128. The summed E-state index contributed by atoms with van der Waals surface area (Å²) in [6.45, 7) is 3.38. The van der Waals surface area contributed by atoms with Crippen LogP contribution in [0.1, 0.15) is 19.4 Å². The van der Waals surface area contributed by atoms with Crippen LogP contribution in [0, 0.1) is 18.2 Å². The first-order valence-electron chi connectivity index (χ1n) is 5.07. The molecule has 0 aliphatic rings. The molecule has 1 N–H and O–H groups in total. The Balaban J connectivity index is 2.80. The van der Waals surface area contributed by atoms with Gasteiger partial charge in [-0.25, -0.2) is 4.39 Å². The molecule has 2 nitrogen and oxygen atoms in total. The molecule has 0 aliphatic carbocycles. The molecule has 0 aliphatic heterocycles. The van der Waals surface area contributed by atoms with Gasteiger partial charge < -0.3 is 5.32 Å². The number of hydrogen-bond donors (Lipinski definition) is 1.